The Kier molecular flexibility index (Phi) is 4.17. The minimum absolute atomic E-state index is 0.0306. The molecule has 0 unspecified atom stereocenters. The van der Waals surface area contributed by atoms with Crippen molar-refractivity contribution in [2.24, 2.45) is 0 Å². The predicted octanol–water partition coefficient (Wildman–Crippen LogP) is 3.21. The van der Waals surface area contributed by atoms with E-state index in [0.717, 1.165) is 5.56 Å². The van der Waals surface area contributed by atoms with Crippen LogP contribution in [0.4, 0.5) is 10.2 Å². The molecule has 2 atom stereocenters. The Labute approximate surface area is 127 Å². The zero-order valence-electron chi connectivity index (χ0n) is 12.1. The molecule has 0 saturated carbocycles. The van der Waals surface area contributed by atoms with Crippen LogP contribution in [-0.4, -0.2) is 29.2 Å². The van der Waals surface area contributed by atoms with Crippen molar-refractivity contribution in [3.8, 4) is 0 Å². The molecule has 0 radical (unpaired) electrons. The van der Waals surface area contributed by atoms with Crippen LogP contribution in [0.25, 0.3) is 0 Å². The summed E-state index contributed by atoms with van der Waals surface area (Å²) >= 11 is 1.64. The normalized spacial score (nSPS) is 22.5. The maximum absolute atomic E-state index is 14.4. The molecule has 0 amide bonds. The molecule has 0 aromatic carbocycles. The second-order valence-electron chi connectivity index (χ2n) is 5.21. The molecule has 4 nitrogen and oxygen atoms in total. The van der Waals surface area contributed by atoms with Crippen molar-refractivity contribution in [1.29, 1.82) is 0 Å². The highest BCUT2D eigenvalue weighted by molar-refractivity contribution is 7.07. The third kappa shape index (κ3) is 2.91. The summed E-state index contributed by atoms with van der Waals surface area (Å²) in [6.45, 7) is 5.15. The molecular weight excluding hydrogens is 289 g/mol. The molecule has 0 bridgehead atoms. The van der Waals surface area contributed by atoms with E-state index in [1.165, 1.54) is 6.33 Å². The largest absolute Gasteiger partial charge is 0.367 e. The van der Waals surface area contributed by atoms with Crippen LogP contribution in [-0.2, 0) is 11.2 Å². The Morgan fingerprint density at radius 3 is 3.00 bits per heavy atom. The molecule has 6 heteroatoms. The molecule has 3 heterocycles. The number of aryl methyl sites for hydroxylation is 1. The number of nitrogens with zero attached hydrogens (tertiary/aromatic N) is 3. The van der Waals surface area contributed by atoms with E-state index in [1.54, 1.807) is 11.3 Å². The molecule has 2 aromatic rings. The van der Waals surface area contributed by atoms with Crippen molar-refractivity contribution in [3.05, 3.63) is 40.2 Å². The van der Waals surface area contributed by atoms with Gasteiger partial charge in [0.1, 0.15) is 12.4 Å². The van der Waals surface area contributed by atoms with Gasteiger partial charge in [0, 0.05) is 6.54 Å². The molecule has 1 aliphatic rings. The lowest BCUT2D eigenvalue weighted by molar-refractivity contribution is -0.0176. The molecule has 112 valence electrons. The van der Waals surface area contributed by atoms with Crippen LogP contribution in [0.15, 0.2) is 23.2 Å². The average Bonchev–Trinajstić information content (AvgIpc) is 3.01. The van der Waals surface area contributed by atoms with Crippen LogP contribution in [0.2, 0.25) is 0 Å². The quantitative estimate of drug-likeness (QED) is 0.873. The molecule has 3 rings (SSSR count). The summed E-state index contributed by atoms with van der Waals surface area (Å²) in [6, 6.07) is 2.05. The highest BCUT2D eigenvalue weighted by Gasteiger charge is 2.29. The van der Waals surface area contributed by atoms with Gasteiger partial charge in [0.25, 0.3) is 0 Å². The minimum atomic E-state index is -0.307. The van der Waals surface area contributed by atoms with Crippen molar-refractivity contribution in [2.45, 2.75) is 32.5 Å². The van der Waals surface area contributed by atoms with Gasteiger partial charge < -0.3 is 9.64 Å². The van der Waals surface area contributed by atoms with Gasteiger partial charge in [-0.15, -0.1) is 0 Å². The van der Waals surface area contributed by atoms with Gasteiger partial charge in [0.15, 0.2) is 11.6 Å². The van der Waals surface area contributed by atoms with Crippen molar-refractivity contribution in [3.63, 3.8) is 0 Å². The summed E-state index contributed by atoms with van der Waals surface area (Å²) in [7, 11) is 0. The third-order valence-corrected chi connectivity index (χ3v) is 4.35. The van der Waals surface area contributed by atoms with Gasteiger partial charge in [-0.1, -0.05) is 6.92 Å². The highest BCUT2D eigenvalue weighted by atomic mass is 32.1. The number of thiophene rings is 1. The molecule has 2 aromatic heterocycles. The molecule has 0 spiro atoms. The second-order valence-corrected chi connectivity index (χ2v) is 5.99. The van der Waals surface area contributed by atoms with E-state index in [1.807, 2.05) is 24.1 Å². The number of aromatic nitrogens is 2. The topological polar surface area (TPSA) is 38.2 Å². The van der Waals surface area contributed by atoms with Crippen molar-refractivity contribution in [1.82, 2.24) is 9.97 Å². The van der Waals surface area contributed by atoms with E-state index in [2.05, 4.69) is 21.4 Å². The van der Waals surface area contributed by atoms with E-state index >= 15 is 0 Å². The molecule has 21 heavy (non-hydrogen) atoms. The van der Waals surface area contributed by atoms with Crippen LogP contribution in [0.3, 0.4) is 0 Å². The second kappa shape index (κ2) is 6.07. The first-order chi connectivity index (χ1) is 10.2. The van der Waals surface area contributed by atoms with Gasteiger partial charge in [0.2, 0.25) is 0 Å². The first-order valence-corrected chi connectivity index (χ1v) is 8.05. The molecular formula is C15H18FN3OS. The smallest absolute Gasteiger partial charge is 0.187 e. The fraction of sp³-hybridized carbons (Fsp3) is 0.467. The van der Waals surface area contributed by atoms with E-state index < -0.39 is 0 Å². The molecule has 1 fully saturated rings. The maximum Gasteiger partial charge on any atom is 0.187 e. The SMILES string of the molecule is CCc1ncnc(N2C[C@H](C)O[C@@H](c3ccsc3)C2)c1F. The first kappa shape index (κ1) is 14.4. The average molecular weight is 307 g/mol. The van der Waals surface area contributed by atoms with Crippen molar-refractivity contribution in [2.75, 3.05) is 18.0 Å². The lowest BCUT2D eigenvalue weighted by Crippen LogP contribution is -2.43. The monoisotopic (exact) mass is 307 g/mol. The van der Waals surface area contributed by atoms with Crippen LogP contribution in [0, 0.1) is 5.82 Å². The third-order valence-electron chi connectivity index (χ3n) is 3.65. The zero-order valence-corrected chi connectivity index (χ0v) is 12.9. The number of morpholine rings is 1. The van der Waals surface area contributed by atoms with E-state index in [0.29, 0.717) is 31.0 Å². The standard InChI is InChI=1S/C15H18FN3OS/c1-3-12-14(16)15(18-9-17-12)19-6-10(2)20-13(7-19)11-4-5-21-8-11/h4-5,8-10,13H,3,6-7H2,1-2H3/t10-,13+/m0/s1. The van der Waals surface area contributed by atoms with E-state index in [4.69, 9.17) is 4.74 Å². The number of hydrogen-bond acceptors (Lipinski definition) is 5. The number of rotatable bonds is 3. The Morgan fingerprint density at radius 2 is 2.29 bits per heavy atom. The molecule has 1 saturated heterocycles. The summed E-state index contributed by atoms with van der Waals surface area (Å²) in [6.07, 6.45) is 1.99. The number of anilines is 1. The van der Waals surface area contributed by atoms with Gasteiger partial charge in [-0.25, -0.2) is 14.4 Å². The van der Waals surface area contributed by atoms with Gasteiger partial charge >= 0.3 is 0 Å². The van der Waals surface area contributed by atoms with Crippen LogP contribution < -0.4 is 4.90 Å². The number of ether oxygens (including phenoxy) is 1. The summed E-state index contributed by atoms with van der Waals surface area (Å²) in [4.78, 5) is 10.1. The molecule has 0 N–H and O–H groups in total. The lowest BCUT2D eigenvalue weighted by atomic mass is 10.1. The lowest BCUT2D eigenvalue weighted by Gasteiger charge is -2.37. The Hall–Kier alpha value is -1.53. The first-order valence-electron chi connectivity index (χ1n) is 7.11. The Morgan fingerprint density at radius 1 is 1.43 bits per heavy atom. The highest BCUT2D eigenvalue weighted by Crippen LogP contribution is 2.30. The van der Waals surface area contributed by atoms with Gasteiger partial charge in [-0.05, 0) is 35.7 Å². The van der Waals surface area contributed by atoms with Crippen LogP contribution in [0.5, 0.6) is 0 Å². The number of hydrogen-bond donors (Lipinski definition) is 0. The zero-order chi connectivity index (χ0) is 14.8. The van der Waals surface area contributed by atoms with Gasteiger partial charge in [0.05, 0.1) is 18.3 Å². The maximum atomic E-state index is 14.4. The van der Waals surface area contributed by atoms with E-state index in [9.17, 15) is 4.39 Å². The summed E-state index contributed by atoms with van der Waals surface area (Å²) in [5.41, 5.74) is 1.60. The number of halogens is 1. The van der Waals surface area contributed by atoms with Gasteiger partial charge in [-0.2, -0.15) is 11.3 Å². The van der Waals surface area contributed by atoms with Crippen molar-refractivity contribution >= 4 is 17.2 Å². The van der Waals surface area contributed by atoms with Gasteiger partial charge in [-0.3, -0.25) is 0 Å². The summed E-state index contributed by atoms with van der Waals surface area (Å²) < 4.78 is 20.4. The molecule has 0 aliphatic carbocycles. The fourth-order valence-corrected chi connectivity index (χ4v) is 3.33. The van der Waals surface area contributed by atoms with Crippen molar-refractivity contribution < 1.29 is 9.13 Å². The summed E-state index contributed by atoms with van der Waals surface area (Å²) in [5, 5.41) is 4.11. The van der Waals surface area contributed by atoms with Crippen LogP contribution in [0.1, 0.15) is 31.2 Å². The Bertz CT molecular complexity index is 605. The Balaban J connectivity index is 1.88. The fourth-order valence-electron chi connectivity index (χ4n) is 2.63. The predicted molar refractivity (Wildman–Crippen MR) is 81.2 cm³/mol. The van der Waals surface area contributed by atoms with Crippen LogP contribution >= 0.6 is 11.3 Å². The molecule has 1 aliphatic heterocycles. The van der Waals surface area contributed by atoms with E-state index in [-0.39, 0.29) is 18.0 Å². The summed E-state index contributed by atoms with van der Waals surface area (Å²) in [5.74, 6) is 0.0791. The minimum Gasteiger partial charge on any atom is -0.367 e.